The minimum Gasteiger partial charge on any atom is -0.381 e. The number of benzene rings is 2. The molecule has 0 fully saturated rings. The van der Waals surface area contributed by atoms with Crippen LogP contribution in [0, 0.1) is 13.8 Å². The summed E-state index contributed by atoms with van der Waals surface area (Å²) in [5.41, 5.74) is 4.70. The Morgan fingerprint density at radius 1 is 0.941 bits per heavy atom. The molecule has 2 rings (SSSR count). The summed E-state index contributed by atoms with van der Waals surface area (Å²) in [5, 5.41) is 4.19. The Hall–Kier alpha value is -1.47. The SMILES string of the molecule is Cc1ccc(NCc2ccc(C)cc2Cl)cc1. The molecule has 0 heterocycles. The molecule has 0 aliphatic carbocycles. The fraction of sp³-hybridized carbons (Fsp3) is 0.200. The van der Waals surface area contributed by atoms with Gasteiger partial charge in [-0.15, -0.1) is 0 Å². The first-order valence-electron chi connectivity index (χ1n) is 5.71. The van der Waals surface area contributed by atoms with E-state index < -0.39 is 0 Å². The lowest BCUT2D eigenvalue weighted by Crippen LogP contribution is -2.00. The van der Waals surface area contributed by atoms with E-state index in [1.807, 2.05) is 13.0 Å². The van der Waals surface area contributed by atoms with Gasteiger partial charge in [-0.05, 0) is 43.2 Å². The molecule has 0 unspecified atom stereocenters. The highest BCUT2D eigenvalue weighted by molar-refractivity contribution is 6.31. The molecule has 0 saturated heterocycles. The summed E-state index contributed by atoms with van der Waals surface area (Å²) in [6, 6.07) is 14.5. The molecule has 0 radical (unpaired) electrons. The van der Waals surface area contributed by atoms with Crippen LogP contribution in [0.15, 0.2) is 42.5 Å². The van der Waals surface area contributed by atoms with E-state index >= 15 is 0 Å². The van der Waals surface area contributed by atoms with Crippen LogP contribution >= 0.6 is 11.6 Å². The maximum Gasteiger partial charge on any atom is 0.0458 e. The van der Waals surface area contributed by atoms with Gasteiger partial charge in [0.05, 0.1) is 0 Å². The molecule has 0 amide bonds. The van der Waals surface area contributed by atoms with Crippen LogP contribution in [0.2, 0.25) is 5.02 Å². The second kappa shape index (κ2) is 5.24. The molecule has 88 valence electrons. The molecule has 0 spiro atoms. The van der Waals surface area contributed by atoms with Gasteiger partial charge in [0, 0.05) is 17.3 Å². The van der Waals surface area contributed by atoms with Gasteiger partial charge in [-0.2, -0.15) is 0 Å². The van der Waals surface area contributed by atoms with E-state index in [0.717, 1.165) is 22.8 Å². The van der Waals surface area contributed by atoms with E-state index in [9.17, 15) is 0 Å². The monoisotopic (exact) mass is 245 g/mol. The predicted molar refractivity (Wildman–Crippen MR) is 74.7 cm³/mol. The van der Waals surface area contributed by atoms with Crippen molar-refractivity contribution in [1.82, 2.24) is 0 Å². The Morgan fingerprint density at radius 2 is 1.59 bits per heavy atom. The molecule has 0 saturated carbocycles. The molecule has 2 heteroatoms. The van der Waals surface area contributed by atoms with E-state index in [-0.39, 0.29) is 0 Å². The molecule has 0 atom stereocenters. The lowest BCUT2D eigenvalue weighted by molar-refractivity contribution is 1.14. The lowest BCUT2D eigenvalue weighted by Gasteiger charge is -2.09. The molecule has 0 aliphatic heterocycles. The van der Waals surface area contributed by atoms with E-state index in [4.69, 9.17) is 11.6 Å². The quantitative estimate of drug-likeness (QED) is 0.835. The van der Waals surface area contributed by atoms with Crippen LogP contribution in [-0.2, 0) is 6.54 Å². The third kappa shape index (κ3) is 3.24. The van der Waals surface area contributed by atoms with Gasteiger partial charge >= 0.3 is 0 Å². The van der Waals surface area contributed by atoms with E-state index in [1.54, 1.807) is 0 Å². The molecule has 0 aliphatic rings. The minimum atomic E-state index is 0.752. The summed E-state index contributed by atoms with van der Waals surface area (Å²) in [5.74, 6) is 0. The lowest BCUT2D eigenvalue weighted by atomic mass is 10.1. The molecular formula is C15H16ClN. The zero-order valence-corrected chi connectivity index (χ0v) is 10.9. The van der Waals surface area contributed by atoms with Gasteiger partial charge in [-0.3, -0.25) is 0 Å². The second-order valence-electron chi connectivity index (χ2n) is 4.31. The number of nitrogens with one attached hydrogen (secondary N) is 1. The average Bonchev–Trinajstić information content (AvgIpc) is 2.30. The number of hydrogen-bond donors (Lipinski definition) is 1. The molecule has 17 heavy (non-hydrogen) atoms. The topological polar surface area (TPSA) is 12.0 Å². The number of halogens is 1. The highest BCUT2D eigenvalue weighted by Crippen LogP contribution is 2.19. The summed E-state index contributed by atoms with van der Waals surface area (Å²) in [6.45, 7) is 4.88. The molecule has 1 nitrogen and oxygen atoms in total. The van der Waals surface area contributed by atoms with Gasteiger partial charge in [0.1, 0.15) is 0 Å². The Labute approximate surface area is 107 Å². The first kappa shape index (κ1) is 12.0. The second-order valence-corrected chi connectivity index (χ2v) is 4.72. The van der Waals surface area contributed by atoms with Crippen molar-refractivity contribution in [2.24, 2.45) is 0 Å². The molecule has 2 aromatic carbocycles. The smallest absolute Gasteiger partial charge is 0.0458 e. The fourth-order valence-corrected chi connectivity index (χ4v) is 1.97. The summed E-state index contributed by atoms with van der Waals surface area (Å²) < 4.78 is 0. The van der Waals surface area contributed by atoms with Crippen molar-refractivity contribution in [1.29, 1.82) is 0 Å². The summed E-state index contributed by atoms with van der Waals surface area (Å²) in [7, 11) is 0. The highest BCUT2D eigenvalue weighted by Gasteiger charge is 2.00. The number of anilines is 1. The molecule has 0 bridgehead atoms. The standard InChI is InChI=1S/C15H16ClN/c1-11-4-7-14(8-5-11)17-10-13-6-3-12(2)9-15(13)16/h3-9,17H,10H2,1-2H3. The van der Waals surface area contributed by atoms with Gasteiger partial charge in [-0.25, -0.2) is 0 Å². The summed E-state index contributed by atoms with van der Waals surface area (Å²) in [4.78, 5) is 0. The average molecular weight is 246 g/mol. The van der Waals surface area contributed by atoms with E-state index in [1.165, 1.54) is 11.1 Å². The van der Waals surface area contributed by atoms with Crippen molar-refractivity contribution in [3.8, 4) is 0 Å². The summed E-state index contributed by atoms with van der Waals surface area (Å²) in [6.07, 6.45) is 0. The van der Waals surface area contributed by atoms with Crippen molar-refractivity contribution >= 4 is 17.3 Å². The van der Waals surface area contributed by atoms with Crippen molar-refractivity contribution in [3.63, 3.8) is 0 Å². The molecule has 1 N–H and O–H groups in total. The summed E-state index contributed by atoms with van der Waals surface area (Å²) >= 11 is 6.18. The third-order valence-corrected chi connectivity index (χ3v) is 3.09. The number of rotatable bonds is 3. The minimum absolute atomic E-state index is 0.752. The van der Waals surface area contributed by atoms with Crippen molar-refractivity contribution in [2.45, 2.75) is 20.4 Å². The van der Waals surface area contributed by atoms with Crippen LogP contribution in [0.1, 0.15) is 16.7 Å². The molecule has 2 aromatic rings. The van der Waals surface area contributed by atoms with Gasteiger partial charge in [0.15, 0.2) is 0 Å². The zero-order valence-electron chi connectivity index (χ0n) is 10.1. The fourth-order valence-electron chi connectivity index (χ4n) is 1.66. The first-order chi connectivity index (χ1) is 8.15. The van der Waals surface area contributed by atoms with Crippen molar-refractivity contribution < 1.29 is 0 Å². The number of hydrogen-bond acceptors (Lipinski definition) is 1. The van der Waals surface area contributed by atoms with Gasteiger partial charge in [-0.1, -0.05) is 41.4 Å². The predicted octanol–water partition coefficient (Wildman–Crippen LogP) is 4.57. The third-order valence-electron chi connectivity index (χ3n) is 2.74. The van der Waals surface area contributed by atoms with Gasteiger partial charge in [0.25, 0.3) is 0 Å². The van der Waals surface area contributed by atoms with Crippen LogP contribution in [0.3, 0.4) is 0 Å². The molecular weight excluding hydrogens is 230 g/mol. The highest BCUT2D eigenvalue weighted by atomic mass is 35.5. The van der Waals surface area contributed by atoms with Crippen LogP contribution in [0.25, 0.3) is 0 Å². The van der Waals surface area contributed by atoms with Crippen LogP contribution in [-0.4, -0.2) is 0 Å². The maximum absolute atomic E-state index is 6.18. The Morgan fingerprint density at radius 3 is 2.24 bits per heavy atom. The van der Waals surface area contributed by atoms with Crippen LogP contribution in [0.4, 0.5) is 5.69 Å². The Balaban J connectivity index is 2.04. The number of aryl methyl sites for hydroxylation is 2. The Bertz CT molecular complexity index is 503. The van der Waals surface area contributed by atoms with E-state index in [2.05, 4.69) is 48.6 Å². The normalized spacial score (nSPS) is 10.3. The van der Waals surface area contributed by atoms with E-state index in [0.29, 0.717) is 0 Å². The zero-order chi connectivity index (χ0) is 12.3. The van der Waals surface area contributed by atoms with Gasteiger partial charge in [0.2, 0.25) is 0 Å². The van der Waals surface area contributed by atoms with Crippen molar-refractivity contribution in [3.05, 3.63) is 64.2 Å². The largest absolute Gasteiger partial charge is 0.381 e. The van der Waals surface area contributed by atoms with Crippen LogP contribution < -0.4 is 5.32 Å². The molecule has 0 aromatic heterocycles. The Kier molecular flexibility index (Phi) is 3.70. The first-order valence-corrected chi connectivity index (χ1v) is 6.08. The van der Waals surface area contributed by atoms with Crippen molar-refractivity contribution in [2.75, 3.05) is 5.32 Å². The van der Waals surface area contributed by atoms with Gasteiger partial charge < -0.3 is 5.32 Å². The van der Waals surface area contributed by atoms with Crippen LogP contribution in [0.5, 0.6) is 0 Å². The maximum atomic E-state index is 6.18.